The van der Waals surface area contributed by atoms with Crippen molar-refractivity contribution in [2.75, 3.05) is 0 Å². The Kier molecular flexibility index (Phi) is 7.92. The summed E-state index contributed by atoms with van der Waals surface area (Å²) >= 11 is 0. The fourth-order valence-electron chi connectivity index (χ4n) is 5.19. The minimum atomic E-state index is -0.761. The Hall–Kier alpha value is -2.81. The molecule has 0 atom stereocenters. The zero-order valence-electron chi connectivity index (χ0n) is 20.1. The first-order chi connectivity index (χ1) is 16.5. The molecule has 1 saturated carbocycles. The van der Waals surface area contributed by atoms with Crippen LogP contribution in [0.4, 0.5) is 13.2 Å². The molecule has 0 N–H and O–H groups in total. The zero-order valence-corrected chi connectivity index (χ0v) is 20.1. The maximum atomic E-state index is 15.0. The van der Waals surface area contributed by atoms with Gasteiger partial charge in [-0.2, -0.15) is 0 Å². The van der Waals surface area contributed by atoms with Crippen LogP contribution in [0.2, 0.25) is 0 Å². The van der Waals surface area contributed by atoms with Crippen LogP contribution in [0.15, 0.2) is 54.6 Å². The molecule has 1 aliphatic rings. The van der Waals surface area contributed by atoms with Gasteiger partial charge < -0.3 is 0 Å². The second kappa shape index (κ2) is 11.1. The fourth-order valence-corrected chi connectivity index (χ4v) is 5.19. The molecule has 0 unspecified atom stereocenters. The number of benzene rings is 3. The molecule has 0 amide bonds. The maximum absolute atomic E-state index is 15.0. The average molecular weight is 463 g/mol. The van der Waals surface area contributed by atoms with Crippen molar-refractivity contribution in [3.63, 3.8) is 0 Å². The lowest BCUT2D eigenvalue weighted by Gasteiger charge is -2.29. The van der Waals surface area contributed by atoms with Gasteiger partial charge in [-0.25, -0.2) is 13.2 Å². The predicted molar refractivity (Wildman–Crippen MR) is 136 cm³/mol. The predicted octanol–water partition coefficient (Wildman–Crippen LogP) is 9.58. The minimum absolute atomic E-state index is 0.111. The van der Waals surface area contributed by atoms with Crippen LogP contribution in [0, 0.1) is 23.4 Å². The summed E-state index contributed by atoms with van der Waals surface area (Å²) in [4.78, 5) is 0. The van der Waals surface area contributed by atoms with E-state index in [1.807, 2.05) is 37.3 Å². The molecule has 0 nitrogen and oxygen atoms in total. The third kappa shape index (κ3) is 5.46. The van der Waals surface area contributed by atoms with Gasteiger partial charge in [0.1, 0.15) is 5.82 Å². The van der Waals surface area contributed by atoms with Gasteiger partial charge in [0.15, 0.2) is 11.6 Å². The van der Waals surface area contributed by atoms with Crippen LogP contribution in [0.5, 0.6) is 0 Å². The van der Waals surface area contributed by atoms with Crippen LogP contribution in [0.1, 0.15) is 80.5 Å². The van der Waals surface area contributed by atoms with Crippen molar-refractivity contribution in [3.05, 3.63) is 94.3 Å². The third-order valence-corrected chi connectivity index (χ3v) is 7.24. The van der Waals surface area contributed by atoms with Crippen molar-refractivity contribution in [1.82, 2.24) is 0 Å². The lowest BCUT2D eigenvalue weighted by Crippen LogP contribution is -2.14. The van der Waals surface area contributed by atoms with Gasteiger partial charge in [-0.1, -0.05) is 87.4 Å². The molecule has 0 aliphatic heterocycles. The Labute approximate surface area is 201 Å². The van der Waals surface area contributed by atoms with E-state index in [4.69, 9.17) is 0 Å². The van der Waals surface area contributed by atoms with Crippen molar-refractivity contribution in [2.24, 2.45) is 5.92 Å². The van der Waals surface area contributed by atoms with Crippen LogP contribution >= 0.6 is 0 Å². The van der Waals surface area contributed by atoms with E-state index in [-0.39, 0.29) is 17.3 Å². The van der Waals surface area contributed by atoms with Gasteiger partial charge in [-0.05, 0) is 77.8 Å². The second-order valence-corrected chi connectivity index (χ2v) is 9.50. The van der Waals surface area contributed by atoms with Crippen molar-refractivity contribution >= 4 is 12.2 Å². The molecule has 3 aromatic rings. The topological polar surface area (TPSA) is 0 Å². The van der Waals surface area contributed by atoms with Crippen molar-refractivity contribution < 1.29 is 13.2 Å². The van der Waals surface area contributed by atoms with Gasteiger partial charge in [-0.3, -0.25) is 0 Å². The molecule has 34 heavy (non-hydrogen) atoms. The molecule has 0 radical (unpaired) electrons. The Bertz CT molecular complexity index is 1140. The summed E-state index contributed by atoms with van der Waals surface area (Å²) in [7, 11) is 0. The molecule has 3 heteroatoms. The Morgan fingerprint density at radius 1 is 0.765 bits per heavy atom. The minimum Gasteiger partial charge on any atom is -0.207 e. The Morgan fingerprint density at radius 3 is 2.09 bits per heavy atom. The van der Waals surface area contributed by atoms with Crippen molar-refractivity contribution in [2.45, 2.75) is 64.7 Å². The van der Waals surface area contributed by atoms with Crippen molar-refractivity contribution in [3.8, 4) is 11.1 Å². The van der Waals surface area contributed by atoms with Crippen LogP contribution in [-0.4, -0.2) is 0 Å². The van der Waals surface area contributed by atoms with E-state index in [9.17, 15) is 4.39 Å². The standard InChI is InChI=1S/C31H33F3/c1-3-5-21-8-14-25(15-9-21)27-18-19-28(31(34)30(27)33)26-16-10-22(11-17-26)6-7-23-12-13-24(4-2)29(32)20-23/h6-7,10-13,16-21,25H,3-5,8-9,14-15H2,1-2H3/b7-6+. The highest BCUT2D eigenvalue weighted by molar-refractivity contribution is 5.72. The lowest BCUT2D eigenvalue weighted by atomic mass is 9.77. The average Bonchev–Trinajstić information content (AvgIpc) is 2.86. The molecule has 4 rings (SSSR count). The summed E-state index contributed by atoms with van der Waals surface area (Å²) in [6.45, 7) is 4.13. The summed E-state index contributed by atoms with van der Waals surface area (Å²) < 4.78 is 44.1. The fraction of sp³-hybridized carbons (Fsp3) is 0.355. The molecule has 0 heterocycles. The normalized spacial score (nSPS) is 18.5. The number of halogens is 3. The first kappa shape index (κ1) is 24.3. The third-order valence-electron chi connectivity index (χ3n) is 7.24. The number of hydrogen-bond donors (Lipinski definition) is 0. The Balaban J connectivity index is 1.47. The van der Waals surface area contributed by atoms with E-state index in [2.05, 4.69) is 6.92 Å². The monoisotopic (exact) mass is 462 g/mol. The van der Waals surface area contributed by atoms with Gasteiger partial charge in [0.05, 0.1) is 0 Å². The Morgan fingerprint density at radius 2 is 1.44 bits per heavy atom. The molecule has 0 saturated heterocycles. The molecule has 1 fully saturated rings. The first-order valence-corrected chi connectivity index (χ1v) is 12.5. The molecule has 178 valence electrons. The van der Waals surface area contributed by atoms with E-state index < -0.39 is 11.6 Å². The quantitative estimate of drug-likeness (QED) is 0.307. The van der Waals surface area contributed by atoms with Crippen molar-refractivity contribution in [1.29, 1.82) is 0 Å². The van der Waals surface area contributed by atoms with E-state index in [1.165, 1.54) is 18.9 Å². The largest absolute Gasteiger partial charge is 0.207 e. The van der Waals surface area contributed by atoms with Crippen LogP contribution in [0.25, 0.3) is 23.3 Å². The van der Waals surface area contributed by atoms with Crippen LogP contribution in [0.3, 0.4) is 0 Å². The van der Waals surface area contributed by atoms with Crippen LogP contribution in [-0.2, 0) is 6.42 Å². The summed E-state index contributed by atoms with van der Waals surface area (Å²) in [6, 6.07) is 16.0. The van der Waals surface area contributed by atoms with Gasteiger partial charge in [-0.15, -0.1) is 0 Å². The maximum Gasteiger partial charge on any atom is 0.166 e. The lowest BCUT2D eigenvalue weighted by molar-refractivity contribution is 0.303. The molecule has 3 aromatic carbocycles. The molecule has 1 aliphatic carbocycles. The van der Waals surface area contributed by atoms with Gasteiger partial charge in [0, 0.05) is 5.56 Å². The second-order valence-electron chi connectivity index (χ2n) is 9.50. The summed E-state index contributed by atoms with van der Waals surface area (Å²) in [5.74, 6) is -0.813. The highest BCUT2D eigenvalue weighted by Gasteiger charge is 2.26. The summed E-state index contributed by atoms with van der Waals surface area (Å²) in [6.07, 6.45) is 10.9. The van der Waals surface area contributed by atoms with E-state index >= 15 is 8.78 Å². The number of hydrogen-bond acceptors (Lipinski definition) is 0. The molecular weight excluding hydrogens is 429 g/mol. The highest BCUT2D eigenvalue weighted by Crippen LogP contribution is 2.40. The van der Waals surface area contributed by atoms with E-state index in [1.54, 1.807) is 30.3 Å². The smallest absolute Gasteiger partial charge is 0.166 e. The molecule has 0 spiro atoms. The van der Waals surface area contributed by atoms with Crippen LogP contribution < -0.4 is 0 Å². The molecule has 0 aromatic heterocycles. The summed E-state index contributed by atoms with van der Waals surface area (Å²) in [5, 5.41) is 0. The van der Waals surface area contributed by atoms with E-state index in [0.717, 1.165) is 42.7 Å². The highest BCUT2D eigenvalue weighted by atomic mass is 19.2. The van der Waals surface area contributed by atoms with E-state index in [0.29, 0.717) is 23.1 Å². The summed E-state index contributed by atoms with van der Waals surface area (Å²) in [5.41, 5.74) is 3.85. The first-order valence-electron chi connectivity index (χ1n) is 12.5. The zero-order chi connectivity index (χ0) is 24.1. The van der Waals surface area contributed by atoms with Gasteiger partial charge in [0.25, 0.3) is 0 Å². The number of aryl methyl sites for hydroxylation is 1. The van der Waals surface area contributed by atoms with Gasteiger partial charge >= 0.3 is 0 Å². The SMILES string of the molecule is CCCC1CCC(c2ccc(-c3ccc(/C=C/c4ccc(CC)c(F)c4)cc3)c(F)c2F)CC1. The number of rotatable bonds is 7. The molecular formula is C31H33F3. The van der Waals surface area contributed by atoms with Gasteiger partial charge in [0.2, 0.25) is 0 Å². The molecule has 0 bridgehead atoms.